The summed E-state index contributed by atoms with van der Waals surface area (Å²) in [5.74, 6) is -1.59. The van der Waals surface area contributed by atoms with Gasteiger partial charge in [-0.1, -0.05) is 23.5 Å². The van der Waals surface area contributed by atoms with Gasteiger partial charge < -0.3 is 5.32 Å². The number of rotatable bonds is 4. The van der Waals surface area contributed by atoms with Crippen LogP contribution in [0.3, 0.4) is 0 Å². The predicted octanol–water partition coefficient (Wildman–Crippen LogP) is 4.69. The summed E-state index contributed by atoms with van der Waals surface area (Å²) in [5, 5.41) is 2.70. The zero-order chi connectivity index (χ0) is 16.4. The Kier molecular flexibility index (Phi) is 4.58. The molecule has 0 aliphatic heterocycles. The normalized spacial score (nSPS) is 12.3. The van der Waals surface area contributed by atoms with Crippen molar-refractivity contribution in [2.75, 3.05) is 5.32 Å². The van der Waals surface area contributed by atoms with E-state index in [0.717, 1.165) is 28.0 Å². The Morgan fingerprint density at radius 3 is 2.78 bits per heavy atom. The SMILES string of the molecule is CC(Sc1ccc(F)cc1F)C(=O)Nc1nc2ccccc2s1. The van der Waals surface area contributed by atoms with Crippen LogP contribution in [0.1, 0.15) is 6.92 Å². The van der Waals surface area contributed by atoms with Gasteiger partial charge in [-0.05, 0) is 31.2 Å². The van der Waals surface area contributed by atoms with Crippen LogP contribution in [0.25, 0.3) is 10.2 Å². The lowest BCUT2D eigenvalue weighted by molar-refractivity contribution is -0.115. The van der Waals surface area contributed by atoms with Gasteiger partial charge in [0.1, 0.15) is 11.6 Å². The van der Waals surface area contributed by atoms with Crippen molar-refractivity contribution in [3.8, 4) is 0 Å². The van der Waals surface area contributed by atoms with Crippen LogP contribution >= 0.6 is 23.1 Å². The maximum atomic E-state index is 13.6. The minimum Gasteiger partial charge on any atom is -0.301 e. The Labute approximate surface area is 139 Å². The monoisotopic (exact) mass is 350 g/mol. The lowest BCUT2D eigenvalue weighted by atomic mass is 10.3. The molecule has 1 amide bonds. The van der Waals surface area contributed by atoms with Crippen molar-refractivity contribution in [1.29, 1.82) is 0 Å². The largest absolute Gasteiger partial charge is 0.301 e. The van der Waals surface area contributed by atoms with E-state index in [0.29, 0.717) is 5.13 Å². The molecule has 0 spiro atoms. The Bertz CT molecular complexity index is 833. The highest BCUT2D eigenvalue weighted by Gasteiger charge is 2.18. The average Bonchev–Trinajstić information content (AvgIpc) is 2.92. The first kappa shape index (κ1) is 15.9. The van der Waals surface area contributed by atoms with Crippen molar-refractivity contribution < 1.29 is 13.6 Å². The second kappa shape index (κ2) is 6.64. The highest BCUT2D eigenvalue weighted by molar-refractivity contribution is 8.00. The summed E-state index contributed by atoms with van der Waals surface area (Å²) in [7, 11) is 0. The third kappa shape index (κ3) is 3.68. The fourth-order valence-electron chi connectivity index (χ4n) is 1.95. The van der Waals surface area contributed by atoms with E-state index >= 15 is 0 Å². The third-order valence-corrected chi connectivity index (χ3v) is 5.20. The van der Waals surface area contributed by atoms with E-state index in [1.165, 1.54) is 23.5 Å². The standard InChI is InChI=1S/C16H12F2N2OS2/c1-9(22-13-7-6-10(17)8-11(13)18)15(21)20-16-19-12-4-2-3-5-14(12)23-16/h2-9H,1H3,(H,19,20,21). The van der Waals surface area contributed by atoms with Crippen molar-refractivity contribution in [3.63, 3.8) is 0 Å². The lowest BCUT2D eigenvalue weighted by Gasteiger charge is -2.11. The molecule has 0 aliphatic rings. The maximum Gasteiger partial charge on any atom is 0.239 e. The van der Waals surface area contributed by atoms with Gasteiger partial charge in [0.2, 0.25) is 5.91 Å². The van der Waals surface area contributed by atoms with Crippen molar-refractivity contribution in [3.05, 3.63) is 54.1 Å². The molecular formula is C16H12F2N2OS2. The number of thioether (sulfide) groups is 1. The first-order chi connectivity index (χ1) is 11.0. The number of amides is 1. The van der Waals surface area contributed by atoms with E-state index in [2.05, 4.69) is 10.3 Å². The van der Waals surface area contributed by atoms with Crippen LogP contribution in [0, 0.1) is 11.6 Å². The Morgan fingerprint density at radius 2 is 2.04 bits per heavy atom. The summed E-state index contributed by atoms with van der Waals surface area (Å²) in [6.07, 6.45) is 0. The van der Waals surface area contributed by atoms with Gasteiger partial charge in [-0.25, -0.2) is 13.8 Å². The van der Waals surface area contributed by atoms with E-state index in [1.54, 1.807) is 6.92 Å². The molecule has 0 saturated carbocycles. The van der Waals surface area contributed by atoms with Crippen LogP contribution < -0.4 is 5.32 Å². The number of thiazole rings is 1. The topological polar surface area (TPSA) is 42.0 Å². The number of halogens is 2. The Morgan fingerprint density at radius 1 is 1.26 bits per heavy atom. The number of para-hydroxylation sites is 1. The quantitative estimate of drug-likeness (QED) is 0.694. The van der Waals surface area contributed by atoms with E-state index < -0.39 is 16.9 Å². The van der Waals surface area contributed by atoms with Crippen LogP contribution in [0.15, 0.2) is 47.4 Å². The summed E-state index contributed by atoms with van der Waals surface area (Å²) < 4.78 is 27.5. The number of carbonyl (C=O) groups excluding carboxylic acids is 1. The Hall–Kier alpha value is -1.99. The molecule has 0 radical (unpaired) electrons. The van der Waals surface area contributed by atoms with Crippen molar-refractivity contribution in [1.82, 2.24) is 4.98 Å². The van der Waals surface area contributed by atoms with E-state index in [9.17, 15) is 13.6 Å². The summed E-state index contributed by atoms with van der Waals surface area (Å²) in [4.78, 5) is 16.8. The van der Waals surface area contributed by atoms with Gasteiger partial charge in [0.15, 0.2) is 5.13 Å². The van der Waals surface area contributed by atoms with E-state index in [4.69, 9.17) is 0 Å². The van der Waals surface area contributed by atoms with Crippen molar-refractivity contribution >= 4 is 44.4 Å². The average molecular weight is 350 g/mol. The zero-order valence-electron chi connectivity index (χ0n) is 12.0. The van der Waals surface area contributed by atoms with Crippen LogP contribution in [-0.4, -0.2) is 16.1 Å². The minimum absolute atomic E-state index is 0.235. The molecule has 1 N–H and O–H groups in total. The van der Waals surface area contributed by atoms with Gasteiger partial charge in [0, 0.05) is 11.0 Å². The molecule has 1 aromatic heterocycles. The summed E-state index contributed by atoms with van der Waals surface area (Å²) >= 11 is 2.41. The van der Waals surface area contributed by atoms with Crippen LogP contribution in [0.5, 0.6) is 0 Å². The number of benzene rings is 2. The van der Waals surface area contributed by atoms with E-state index in [-0.39, 0.29) is 10.8 Å². The van der Waals surface area contributed by atoms with Crippen molar-refractivity contribution in [2.45, 2.75) is 17.1 Å². The molecule has 7 heteroatoms. The minimum atomic E-state index is -0.672. The number of nitrogens with one attached hydrogen (secondary N) is 1. The molecule has 0 aliphatic carbocycles. The number of nitrogens with zero attached hydrogens (tertiary/aromatic N) is 1. The molecule has 3 rings (SSSR count). The maximum absolute atomic E-state index is 13.6. The number of hydrogen-bond acceptors (Lipinski definition) is 4. The number of fused-ring (bicyclic) bond motifs is 1. The molecule has 1 heterocycles. The van der Waals surface area contributed by atoms with Crippen LogP contribution in [0.4, 0.5) is 13.9 Å². The number of carbonyl (C=O) groups is 1. The van der Waals surface area contributed by atoms with Crippen LogP contribution in [0.2, 0.25) is 0 Å². The molecule has 3 aromatic rings. The molecular weight excluding hydrogens is 338 g/mol. The smallest absolute Gasteiger partial charge is 0.239 e. The molecule has 2 aromatic carbocycles. The van der Waals surface area contributed by atoms with E-state index in [1.807, 2.05) is 24.3 Å². The molecule has 1 unspecified atom stereocenters. The fourth-order valence-corrected chi connectivity index (χ4v) is 3.68. The number of anilines is 1. The number of aromatic nitrogens is 1. The summed E-state index contributed by atoms with van der Waals surface area (Å²) in [5.41, 5.74) is 0.817. The molecule has 3 nitrogen and oxygen atoms in total. The van der Waals surface area contributed by atoms with Gasteiger partial charge in [-0.15, -0.1) is 11.8 Å². The number of hydrogen-bond donors (Lipinski definition) is 1. The first-order valence-corrected chi connectivity index (χ1v) is 8.50. The molecule has 0 bridgehead atoms. The lowest BCUT2D eigenvalue weighted by Crippen LogP contribution is -2.22. The molecule has 23 heavy (non-hydrogen) atoms. The highest BCUT2D eigenvalue weighted by atomic mass is 32.2. The van der Waals surface area contributed by atoms with Gasteiger partial charge >= 0.3 is 0 Å². The summed E-state index contributed by atoms with van der Waals surface area (Å²) in [6.45, 7) is 1.66. The predicted molar refractivity (Wildman–Crippen MR) is 89.9 cm³/mol. The van der Waals surface area contributed by atoms with Gasteiger partial charge in [0.25, 0.3) is 0 Å². The summed E-state index contributed by atoms with van der Waals surface area (Å²) in [6, 6.07) is 10.9. The van der Waals surface area contributed by atoms with Gasteiger partial charge in [-0.3, -0.25) is 4.79 Å². The van der Waals surface area contributed by atoms with Crippen LogP contribution in [-0.2, 0) is 4.79 Å². The molecule has 0 fully saturated rings. The molecule has 118 valence electrons. The fraction of sp³-hybridized carbons (Fsp3) is 0.125. The Balaban J connectivity index is 1.69. The zero-order valence-corrected chi connectivity index (χ0v) is 13.7. The first-order valence-electron chi connectivity index (χ1n) is 6.81. The second-order valence-corrected chi connectivity index (χ2v) is 7.22. The highest BCUT2D eigenvalue weighted by Crippen LogP contribution is 2.29. The third-order valence-electron chi connectivity index (χ3n) is 3.09. The van der Waals surface area contributed by atoms with Crippen molar-refractivity contribution in [2.24, 2.45) is 0 Å². The second-order valence-electron chi connectivity index (χ2n) is 4.81. The van der Waals surface area contributed by atoms with Gasteiger partial charge in [0.05, 0.1) is 15.5 Å². The molecule has 0 saturated heterocycles. The molecule has 1 atom stereocenters. The van der Waals surface area contributed by atoms with Gasteiger partial charge in [-0.2, -0.15) is 0 Å².